The van der Waals surface area contributed by atoms with Crippen LogP contribution in [-0.2, 0) is 30.3 Å². The zero-order chi connectivity index (χ0) is 31.0. The van der Waals surface area contributed by atoms with Gasteiger partial charge in [0.05, 0.1) is 47.5 Å². The number of ether oxygens (including phenoxy) is 6. The summed E-state index contributed by atoms with van der Waals surface area (Å²) in [5, 5.41) is 24.9. The third kappa shape index (κ3) is 5.36. The van der Waals surface area contributed by atoms with Gasteiger partial charge in [-0.3, -0.25) is 14.4 Å². The topological polar surface area (TPSA) is 172 Å². The number of hydrogen-bond acceptors (Lipinski definition) is 13. The van der Waals surface area contributed by atoms with Gasteiger partial charge in [-0.15, -0.1) is 5.06 Å². The van der Waals surface area contributed by atoms with Gasteiger partial charge in [0.1, 0.15) is 12.6 Å². The van der Waals surface area contributed by atoms with Gasteiger partial charge in [0.25, 0.3) is 0 Å². The molecule has 0 spiro atoms. The van der Waals surface area contributed by atoms with Crippen molar-refractivity contribution in [3.05, 3.63) is 45.6 Å². The average molecular weight is 603 g/mol. The Labute approximate surface area is 246 Å². The van der Waals surface area contributed by atoms with E-state index in [0.717, 1.165) is 10.6 Å². The van der Waals surface area contributed by atoms with Crippen molar-refractivity contribution in [1.82, 2.24) is 10.4 Å². The molecule has 2 aromatic rings. The first-order chi connectivity index (χ1) is 20.7. The minimum Gasteiger partial charge on any atom is -0.493 e. The summed E-state index contributed by atoms with van der Waals surface area (Å²) in [6.07, 6.45) is -4.43. The number of aryl methyl sites for hydroxylation is 1. The van der Waals surface area contributed by atoms with E-state index in [4.69, 9.17) is 33.3 Å². The predicted molar refractivity (Wildman–Crippen MR) is 148 cm³/mol. The number of hydrogen-bond donors (Lipinski definition) is 3. The van der Waals surface area contributed by atoms with Gasteiger partial charge in [-0.2, -0.15) is 0 Å². The van der Waals surface area contributed by atoms with Crippen molar-refractivity contribution in [2.45, 2.75) is 43.6 Å². The number of aliphatic hydroxyl groups is 2. The molecule has 1 aliphatic carbocycles. The number of nitrogens with one attached hydrogen (secondary N) is 1. The SMILES string of the molecule is COc1cc2c(c(OC)c1OC)-c1ccc(OC)c(=O)cc1[C@@H](NC(=O)CN(OC)C1O[C@@H]3OC(=O)[C@@H](O)[C@@H]3[C@@H]1O)CC2. The molecule has 2 aromatic carbocycles. The number of aliphatic hydroxyl groups excluding tert-OH is 2. The van der Waals surface area contributed by atoms with Gasteiger partial charge < -0.3 is 44.0 Å². The molecule has 3 N–H and O–H groups in total. The van der Waals surface area contributed by atoms with Gasteiger partial charge in [0.15, 0.2) is 29.6 Å². The van der Waals surface area contributed by atoms with E-state index in [-0.39, 0.29) is 11.2 Å². The number of carbonyl (C=O) groups excluding carboxylic acids is 2. The van der Waals surface area contributed by atoms with E-state index in [1.165, 1.54) is 41.6 Å². The number of esters is 1. The Morgan fingerprint density at radius 3 is 2.35 bits per heavy atom. The molecular weight excluding hydrogens is 568 g/mol. The highest BCUT2D eigenvalue weighted by molar-refractivity contribution is 5.84. The first kappa shape index (κ1) is 30.5. The number of hydroxylamine groups is 2. The van der Waals surface area contributed by atoms with E-state index < -0.39 is 55.1 Å². The standard InChI is InChI=1S/C29H34N2O12/c1-37-18-9-7-14-15(11-17(18)32)16(8-6-13-10-19(38-2)25(39-3)26(40-4)21(13)14)30-20(33)12-31(41-5)27-23(34)22-24(35)28(36)43-29(22)42-27/h7,9-11,16,22-24,27,29,34-35H,6,8,12H2,1-5H3,(H,30,33)/t16-,22-,23-,24-,27?,29+/m0/s1. The Hall–Kier alpha value is -3.95. The monoisotopic (exact) mass is 602 g/mol. The average Bonchev–Trinajstić information content (AvgIpc) is 3.34. The molecule has 2 saturated heterocycles. The van der Waals surface area contributed by atoms with E-state index in [1.807, 2.05) is 6.07 Å². The fourth-order valence-corrected chi connectivity index (χ4v) is 5.94. The van der Waals surface area contributed by atoms with Gasteiger partial charge in [-0.1, -0.05) is 6.07 Å². The van der Waals surface area contributed by atoms with Crippen molar-refractivity contribution in [2.24, 2.45) is 5.92 Å². The van der Waals surface area contributed by atoms with Gasteiger partial charge in [0.2, 0.25) is 23.4 Å². The van der Waals surface area contributed by atoms with Crippen molar-refractivity contribution in [1.29, 1.82) is 0 Å². The molecule has 14 nitrogen and oxygen atoms in total. The second kappa shape index (κ2) is 12.3. The second-order valence-corrected chi connectivity index (χ2v) is 10.2. The van der Waals surface area contributed by atoms with Gasteiger partial charge >= 0.3 is 5.97 Å². The zero-order valence-corrected chi connectivity index (χ0v) is 24.3. The van der Waals surface area contributed by atoms with Crippen molar-refractivity contribution in [2.75, 3.05) is 42.1 Å². The van der Waals surface area contributed by atoms with Crippen LogP contribution < -0.4 is 29.7 Å². The molecule has 1 unspecified atom stereocenters. The van der Waals surface area contributed by atoms with Gasteiger partial charge in [0, 0.05) is 5.56 Å². The van der Waals surface area contributed by atoms with E-state index in [0.29, 0.717) is 46.8 Å². The third-order valence-corrected chi connectivity index (χ3v) is 7.99. The van der Waals surface area contributed by atoms with Crippen LogP contribution in [0.4, 0.5) is 0 Å². The predicted octanol–water partition coefficient (Wildman–Crippen LogP) is 0.292. The molecule has 0 aromatic heterocycles. The van der Waals surface area contributed by atoms with Crippen LogP contribution in [0.5, 0.6) is 23.0 Å². The highest BCUT2D eigenvalue weighted by atomic mass is 16.8. The van der Waals surface area contributed by atoms with Crippen LogP contribution >= 0.6 is 0 Å². The number of methoxy groups -OCH3 is 4. The Kier molecular flexibility index (Phi) is 8.76. The van der Waals surface area contributed by atoms with Crippen LogP contribution in [0.3, 0.4) is 0 Å². The van der Waals surface area contributed by atoms with Crippen molar-refractivity contribution in [3.63, 3.8) is 0 Å². The Bertz CT molecular complexity index is 1470. The molecule has 0 bridgehead atoms. The highest BCUT2D eigenvalue weighted by Gasteiger charge is 2.58. The molecule has 5 rings (SSSR count). The summed E-state index contributed by atoms with van der Waals surface area (Å²) in [5.41, 5.74) is 2.30. The summed E-state index contributed by atoms with van der Waals surface area (Å²) < 4.78 is 32.8. The maximum Gasteiger partial charge on any atom is 0.337 e. The van der Waals surface area contributed by atoms with Gasteiger partial charge in [-0.05, 0) is 47.7 Å². The van der Waals surface area contributed by atoms with Crippen LogP contribution in [0.25, 0.3) is 11.1 Å². The normalized spacial score (nSPS) is 25.6. The van der Waals surface area contributed by atoms with Crippen LogP contribution in [-0.4, -0.2) is 94.0 Å². The summed E-state index contributed by atoms with van der Waals surface area (Å²) in [4.78, 5) is 43.5. The molecule has 2 aliphatic heterocycles. The van der Waals surface area contributed by atoms with Gasteiger partial charge in [-0.25, -0.2) is 4.79 Å². The molecule has 0 saturated carbocycles. The quantitative estimate of drug-likeness (QED) is 0.265. The van der Waals surface area contributed by atoms with Crippen LogP contribution in [0.1, 0.15) is 23.6 Å². The molecule has 14 heteroatoms. The lowest BCUT2D eigenvalue weighted by Gasteiger charge is -2.29. The summed E-state index contributed by atoms with van der Waals surface area (Å²) >= 11 is 0. The summed E-state index contributed by atoms with van der Waals surface area (Å²) in [6.45, 7) is -0.391. The number of fused-ring (bicyclic) bond motifs is 4. The number of benzene rings is 1. The molecule has 6 atom stereocenters. The third-order valence-electron chi connectivity index (χ3n) is 7.99. The fourth-order valence-electron chi connectivity index (χ4n) is 5.94. The molecule has 1 amide bonds. The maximum atomic E-state index is 13.4. The zero-order valence-electron chi connectivity index (χ0n) is 24.3. The Morgan fingerprint density at radius 1 is 1.00 bits per heavy atom. The number of rotatable bonds is 9. The molecule has 43 heavy (non-hydrogen) atoms. The minimum absolute atomic E-state index is 0.116. The summed E-state index contributed by atoms with van der Waals surface area (Å²) in [7, 11) is 7.23. The van der Waals surface area contributed by atoms with E-state index in [1.54, 1.807) is 12.1 Å². The summed E-state index contributed by atoms with van der Waals surface area (Å²) in [5.74, 6) is -1.06. The van der Waals surface area contributed by atoms with Crippen molar-refractivity contribution >= 4 is 11.9 Å². The van der Waals surface area contributed by atoms with Crippen molar-refractivity contribution < 1.29 is 53.1 Å². The Balaban J connectivity index is 1.48. The maximum absolute atomic E-state index is 13.4. The smallest absolute Gasteiger partial charge is 0.337 e. The first-order valence-electron chi connectivity index (χ1n) is 13.5. The molecule has 2 heterocycles. The molecule has 0 radical (unpaired) electrons. The highest BCUT2D eigenvalue weighted by Crippen LogP contribution is 2.50. The molecule has 3 aliphatic rings. The van der Waals surface area contributed by atoms with Crippen LogP contribution in [0.2, 0.25) is 0 Å². The van der Waals surface area contributed by atoms with E-state index >= 15 is 0 Å². The fraction of sp³-hybridized carbons (Fsp3) is 0.483. The Morgan fingerprint density at radius 2 is 1.72 bits per heavy atom. The number of amides is 1. The van der Waals surface area contributed by atoms with E-state index in [2.05, 4.69) is 5.32 Å². The van der Waals surface area contributed by atoms with E-state index in [9.17, 15) is 24.6 Å². The molecule has 2 fully saturated rings. The number of carbonyl (C=O) groups is 2. The second-order valence-electron chi connectivity index (χ2n) is 10.2. The van der Waals surface area contributed by atoms with Crippen LogP contribution in [0.15, 0.2) is 29.1 Å². The number of nitrogens with zero attached hydrogens (tertiary/aromatic N) is 1. The minimum atomic E-state index is -1.56. The first-order valence-corrected chi connectivity index (χ1v) is 13.5. The lowest BCUT2D eigenvalue weighted by molar-refractivity contribution is -0.264. The van der Waals surface area contributed by atoms with Crippen molar-refractivity contribution in [3.8, 4) is 34.1 Å². The molecular formula is C29H34N2O12. The molecule has 232 valence electrons. The lowest BCUT2D eigenvalue weighted by Crippen LogP contribution is -2.49. The van der Waals surface area contributed by atoms with Crippen LogP contribution in [0, 0.1) is 5.92 Å². The largest absolute Gasteiger partial charge is 0.493 e. The lowest BCUT2D eigenvalue weighted by atomic mass is 9.95. The summed E-state index contributed by atoms with van der Waals surface area (Å²) in [6, 6.07) is 5.93.